The predicted octanol–water partition coefficient (Wildman–Crippen LogP) is 1.72. The van der Waals surface area contributed by atoms with E-state index in [0.717, 1.165) is 13.0 Å². The zero-order chi connectivity index (χ0) is 18.2. The molecule has 1 heterocycles. The second kappa shape index (κ2) is 9.97. The van der Waals surface area contributed by atoms with Crippen LogP contribution < -0.4 is 10.5 Å². The van der Waals surface area contributed by atoms with Crippen molar-refractivity contribution in [3.05, 3.63) is 28.8 Å². The van der Waals surface area contributed by atoms with Crippen LogP contribution in [0.4, 0.5) is 0 Å². The van der Waals surface area contributed by atoms with Gasteiger partial charge in [0.1, 0.15) is 5.75 Å². The van der Waals surface area contributed by atoms with Gasteiger partial charge in [0.25, 0.3) is 5.91 Å². The average molecular weight is 370 g/mol. The first kappa shape index (κ1) is 20.0. The van der Waals surface area contributed by atoms with Gasteiger partial charge in [-0.15, -0.1) is 0 Å². The highest BCUT2D eigenvalue weighted by molar-refractivity contribution is 6.30. The maximum absolute atomic E-state index is 13.1. The molecule has 1 aliphatic heterocycles. The van der Waals surface area contributed by atoms with E-state index in [0.29, 0.717) is 55.8 Å². The minimum atomic E-state index is -0.0475. The van der Waals surface area contributed by atoms with Gasteiger partial charge in [-0.25, -0.2) is 0 Å². The van der Waals surface area contributed by atoms with Gasteiger partial charge < -0.3 is 25.0 Å². The number of amides is 1. The molecule has 1 aromatic carbocycles. The fourth-order valence-electron chi connectivity index (χ4n) is 2.92. The lowest BCUT2D eigenvalue weighted by atomic mass is 10.1. The lowest BCUT2D eigenvalue weighted by Gasteiger charge is -2.26. The molecule has 0 unspecified atom stereocenters. The van der Waals surface area contributed by atoms with E-state index in [1.54, 1.807) is 18.2 Å². The zero-order valence-corrected chi connectivity index (χ0v) is 15.8. The van der Waals surface area contributed by atoms with Crippen LogP contribution in [-0.2, 0) is 4.74 Å². The molecule has 1 aromatic rings. The number of hydrogen-bond donors (Lipinski definition) is 1. The standard InChI is InChI=1S/C18H28ClN3O3/c1-21(2)11-14-12-22(7-9-24-13-14)18(23)16-5-4-15(19)10-17(16)25-8-3-6-20/h4-5,10,14H,3,6-9,11-13,20H2,1-2H3/t14-/m1/s1. The third-order valence-electron chi connectivity index (χ3n) is 4.03. The maximum Gasteiger partial charge on any atom is 0.257 e. The van der Waals surface area contributed by atoms with Gasteiger partial charge in [0.05, 0.1) is 25.4 Å². The summed E-state index contributed by atoms with van der Waals surface area (Å²) in [5.41, 5.74) is 6.04. The number of benzene rings is 1. The molecule has 0 bridgehead atoms. The molecule has 1 aliphatic rings. The van der Waals surface area contributed by atoms with Gasteiger partial charge in [-0.1, -0.05) is 11.6 Å². The summed E-state index contributed by atoms with van der Waals surface area (Å²) in [6.07, 6.45) is 0.725. The highest BCUT2D eigenvalue weighted by atomic mass is 35.5. The fourth-order valence-corrected chi connectivity index (χ4v) is 3.08. The van der Waals surface area contributed by atoms with Gasteiger partial charge in [-0.2, -0.15) is 0 Å². The minimum absolute atomic E-state index is 0.0475. The van der Waals surface area contributed by atoms with E-state index in [1.165, 1.54) is 0 Å². The average Bonchev–Trinajstić information content (AvgIpc) is 2.79. The number of rotatable bonds is 7. The van der Waals surface area contributed by atoms with Crippen LogP contribution in [0, 0.1) is 5.92 Å². The monoisotopic (exact) mass is 369 g/mol. The summed E-state index contributed by atoms with van der Waals surface area (Å²) in [6.45, 7) is 4.35. The van der Waals surface area contributed by atoms with Crippen molar-refractivity contribution in [2.24, 2.45) is 11.7 Å². The molecular weight excluding hydrogens is 342 g/mol. The van der Waals surface area contributed by atoms with Crippen molar-refractivity contribution < 1.29 is 14.3 Å². The van der Waals surface area contributed by atoms with Crippen LogP contribution in [0.15, 0.2) is 18.2 Å². The molecule has 7 heteroatoms. The van der Waals surface area contributed by atoms with E-state index in [1.807, 2.05) is 19.0 Å². The Labute approximate surface area is 154 Å². The Morgan fingerprint density at radius 1 is 1.48 bits per heavy atom. The summed E-state index contributed by atoms with van der Waals surface area (Å²) >= 11 is 6.07. The molecule has 0 aliphatic carbocycles. The van der Waals surface area contributed by atoms with Crippen LogP contribution in [-0.4, -0.2) is 75.8 Å². The van der Waals surface area contributed by atoms with Gasteiger partial charge in [0, 0.05) is 30.6 Å². The quantitative estimate of drug-likeness (QED) is 0.741. The Hall–Kier alpha value is -1.34. The number of halogens is 1. The van der Waals surface area contributed by atoms with Crippen LogP contribution in [0.25, 0.3) is 0 Å². The second-order valence-electron chi connectivity index (χ2n) is 6.59. The van der Waals surface area contributed by atoms with E-state index in [2.05, 4.69) is 4.90 Å². The van der Waals surface area contributed by atoms with Gasteiger partial charge in [0.2, 0.25) is 0 Å². The number of nitrogens with two attached hydrogens (primary N) is 1. The van der Waals surface area contributed by atoms with E-state index >= 15 is 0 Å². The zero-order valence-electron chi connectivity index (χ0n) is 15.0. The molecule has 25 heavy (non-hydrogen) atoms. The molecular formula is C18H28ClN3O3. The summed E-state index contributed by atoms with van der Waals surface area (Å²) < 4.78 is 11.4. The Morgan fingerprint density at radius 3 is 3.00 bits per heavy atom. The summed E-state index contributed by atoms with van der Waals surface area (Å²) in [7, 11) is 4.05. The molecule has 0 spiro atoms. The molecule has 0 aromatic heterocycles. The number of nitrogens with zero attached hydrogens (tertiary/aromatic N) is 2. The third kappa shape index (κ3) is 6.15. The smallest absolute Gasteiger partial charge is 0.257 e. The second-order valence-corrected chi connectivity index (χ2v) is 7.02. The Kier molecular flexibility index (Phi) is 7.96. The van der Waals surface area contributed by atoms with Crippen molar-refractivity contribution >= 4 is 17.5 Å². The Morgan fingerprint density at radius 2 is 2.28 bits per heavy atom. The van der Waals surface area contributed by atoms with E-state index in [4.69, 9.17) is 26.8 Å². The molecule has 6 nitrogen and oxygen atoms in total. The molecule has 2 N–H and O–H groups in total. The lowest BCUT2D eigenvalue weighted by Crippen LogP contribution is -2.38. The minimum Gasteiger partial charge on any atom is -0.493 e. The van der Waals surface area contributed by atoms with Crippen molar-refractivity contribution in [1.82, 2.24) is 9.80 Å². The predicted molar refractivity (Wildman–Crippen MR) is 99.4 cm³/mol. The Balaban J connectivity index is 2.14. The van der Waals surface area contributed by atoms with Gasteiger partial charge in [-0.3, -0.25) is 4.79 Å². The fraction of sp³-hybridized carbons (Fsp3) is 0.611. The van der Waals surface area contributed by atoms with Gasteiger partial charge in [-0.05, 0) is 45.3 Å². The highest BCUT2D eigenvalue weighted by Gasteiger charge is 2.25. The largest absolute Gasteiger partial charge is 0.493 e. The van der Waals surface area contributed by atoms with Crippen molar-refractivity contribution in [2.75, 3.05) is 60.1 Å². The first-order chi connectivity index (χ1) is 12.0. The number of carbonyl (C=O) groups excluding carboxylic acids is 1. The normalized spacial score (nSPS) is 18.3. The molecule has 1 amide bonds. The number of ether oxygens (including phenoxy) is 2. The molecule has 140 valence electrons. The van der Waals surface area contributed by atoms with Crippen LogP contribution in [0.5, 0.6) is 5.75 Å². The first-order valence-electron chi connectivity index (χ1n) is 8.65. The lowest BCUT2D eigenvalue weighted by molar-refractivity contribution is 0.0730. The van der Waals surface area contributed by atoms with Crippen LogP contribution in [0.1, 0.15) is 16.8 Å². The number of carbonyl (C=O) groups is 1. The maximum atomic E-state index is 13.1. The van der Waals surface area contributed by atoms with E-state index in [9.17, 15) is 4.79 Å². The van der Waals surface area contributed by atoms with Crippen molar-refractivity contribution in [2.45, 2.75) is 6.42 Å². The van der Waals surface area contributed by atoms with Crippen molar-refractivity contribution in [3.8, 4) is 5.75 Å². The highest BCUT2D eigenvalue weighted by Crippen LogP contribution is 2.26. The van der Waals surface area contributed by atoms with E-state index in [-0.39, 0.29) is 11.8 Å². The molecule has 1 atom stereocenters. The summed E-state index contributed by atoms with van der Waals surface area (Å²) in [5.74, 6) is 0.754. The Bertz CT molecular complexity index is 568. The molecule has 2 rings (SSSR count). The van der Waals surface area contributed by atoms with Gasteiger partial charge >= 0.3 is 0 Å². The van der Waals surface area contributed by atoms with Gasteiger partial charge in [0.15, 0.2) is 0 Å². The molecule has 1 saturated heterocycles. The van der Waals surface area contributed by atoms with Crippen molar-refractivity contribution in [3.63, 3.8) is 0 Å². The molecule has 0 saturated carbocycles. The van der Waals surface area contributed by atoms with Crippen LogP contribution in [0.2, 0.25) is 5.02 Å². The first-order valence-corrected chi connectivity index (χ1v) is 9.03. The topological polar surface area (TPSA) is 68.0 Å². The van der Waals surface area contributed by atoms with Crippen LogP contribution in [0.3, 0.4) is 0 Å². The molecule has 1 fully saturated rings. The van der Waals surface area contributed by atoms with E-state index < -0.39 is 0 Å². The van der Waals surface area contributed by atoms with Crippen LogP contribution >= 0.6 is 11.6 Å². The van der Waals surface area contributed by atoms with Crippen molar-refractivity contribution in [1.29, 1.82) is 0 Å². The number of hydrogen-bond acceptors (Lipinski definition) is 5. The molecule has 0 radical (unpaired) electrons. The summed E-state index contributed by atoms with van der Waals surface area (Å²) in [5, 5.41) is 0.545. The summed E-state index contributed by atoms with van der Waals surface area (Å²) in [4.78, 5) is 17.0. The SMILES string of the molecule is CN(C)C[C@H]1COCCN(C(=O)c2ccc(Cl)cc2OCCCN)C1. The third-order valence-corrected chi connectivity index (χ3v) is 4.26. The summed E-state index contributed by atoms with van der Waals surface area (Å²) in [6, 6.07) is 5.14.